The first-order valence-corrected chi connectivity index (χ1v) is 4.33. The molecule has 0 bridgehead atoms. The first kappa shape index (κ1) is 9.13. The molecule has 0 aromatic heterocycles. The van der Waals surface area contributed by atoms with E-state index >= 15 is 0 Å². The SMILES string of the molecule is CCOc1cc(C)c(O)c([Si])c1. The van der Waals surface area contributed by atoms with Gasteiger partial charge in [0, 0.05) is 0 Å². The molecule has 1 rings (SSSR count). The molecule has 0 spiro atoms. The number of phenols is 1. The van der Waals surface area contributed by atoms with E-state index < -0.39 is 0 Å². The Morgan fingerprint density at radius 3 is 2.67 bits per heavy atom. The first-order valence-electron chi connectivity index (χ1n) is 3.83. The summed E-state index contributed by atoms with van der Waals surface area (Å²) in [5, 5.41) is 10.1. The quantitative estimate of drug-likeness (QED) is 0.683. The third-order valence-corrected chi connectivity index (χ3v) is 1.97. The van der Waals surface area contributed by atoms with E-state index in [1.165, 1.54) is 0 Å². The van der Waals surface area contributed by atoms with Crippen molar-refractivity contribution < 1.29 is 9.84 Å². The summed E-state index contributed by atoms with van der Waals surface area (Å²) in [5.74, 6) is 1.05. The van der Waals surface area contributed by atoms with Crippen molar-refractivity contribution in [2.75, 3.05) is 6.61 Å². The van der Waals surface area contributed by atoms with Crippen molar-refractivity contribution in [1.82, 2.24) is 0 Å². The third-order valence-electron chi connectivity index (χ3n) is 1.59. The second-order valence-corrected chi connectivity index (χ2v) is 3.11. The van der Waals surface area contributed by atoms with Crippen LogP contribution in [0.25, 0.3) is 0 Å². The highest BCUT2D eigenvalue weighted by Crippen LogP contribution is 2.18. The zero-order chi connectivity index (χ0) is 9.14. The van der Waals surface area contributed by atoms with E-state index in [0.717, 1.165) is 11.3 Å². The number of benzene rings is 1. The van der Waals surface area contributed by atoms with Crippen LogP contribution in [0.1, 0.15) is 12.5 Å². The van der Waals surface area contributed by atoms with Crippen molar-refractivity contribution in [3.63, 3.8) is 0 Å². The standard InChI is InChI=1S/C9H11O2Si/c1-3-11-7-4-6(2)9(10)8(12)5-7/h4-5,10H,3H2,1-2H3. The molecule has 0 saturated heterocycles. The fourth-order valence-electron chi connectivity index (χ4n) is 0.996. The molecule has 2 nitrogen and oxygen atoms in total. The van der Waals surface area contributed by atoms with Crippen LogP contribution in [0.3, 0.4) is 0 Å². The zero-order valence-corrected chi connectivity index (χ0v) is 8.22. The minimum atomic E-state index is 0.273. The van der Waals surface area contributed by atoms with Gasteiger partial charge in [-0.05, 0) is 36.7 Å². The van der Waals surface area contributed by atoms with E-state index in [-0.39, 0.29) is 5.75 Å². The number of aryl methyl sites for hydroxylation is 1. The molecule has 0 atom stereocenters. The van der Waals surface area contributed by atoms with E-state index in [4.69, 9.17) is 4.74 Å². The van der Waals surface area contributed by atoms with Gasteiger partial charge in [0.2, 0.25) is 0 Å². The predicted octanol–water partition coefficient (Wildman–Crippen LogP) is 0.893. The second-order valence-electron chi connectivity index (χ2n) is 2.57. The molecule has 63 valence electrons. The van der Waals surface area contributed by atoms with E-state index in [9.17, 15) is 5.11 Å². The molecule has 0 aliphatic rings. The molecule has 3 heteroatoms. The van der Waals surface area contributed by atoms with E-state index in [2.05, 4.69) is 10.2 Å². The molecular formula is C9H11O2Si. The number of phenolic OH excluding ortho intramolecular Hbond substituents is 1. The molecular weight excluding hydrogens is 168 g/mol. The average Bonchev–Trinajstić information content (AvgIpc) is 2.01. The van der Waals surface area contributed by atoms with Gasteiger partial charge in [0.25, 0.3) is 0 Å². The lowest BCUT2D eigenvalue weighted by atomic mass is 10.2. The molecule has 0 aliphatic carbocycles. The van der Waals surface area contributed by atoms with Crippen LogP contribution < -0.4 is 9.92 Å². The Morgan fingerprint density at radius 1 is 1.50 bits per heavy atom. The van der Waals surface area contributed by atoms with Gasteiger partial charge >= 0.3 is 0 Å². The Kier molecular flexibility index (Phi) is 2.76. The van der Waals surface area contributed by atoms with Gasteiger partial charge in [-0.25, -0.2) is 0 Å². The Bertz CT molecular complexity index is 261. The molecule has 1 aromatic rings. The first-order chi connectivity index (χ1) is 5.65. The maximum Gasteiger partial charge on any atom is 0.119 e. The molecule has 12 heavy (non-hydrogen) atoms. The van der Waals surface area contributed by atoms with Gasteiger partial charge in [0.15, 0.2) is 0 Å². The fraction of sp³-hybridized carbons (Fsp3) is 0.333. The summed E-state index contributed by atoms with van der Waals surface area (Å²) in [6.07, 6.45) is 0. The molecule has 0 amide bonds. The Morgan fingerprint density at radius 2 is 2.17 bits per heavy atom. The molecule has 0 aliphatic heterocycles. The van der Waals surface area contributed by atoms with Crippen molar-refractivity contribution in [1.29, 1.82) is 0 Å². The molecule has 0 unspecified atom stereocenters. The summed E-state index contributed by atoms with van der Waals surface area (Å²) in [4.78, 5) is 0. The van der Waals surface area contributed by atoms with Crippen LogP contribution in [0.4, 0.5) is 0 Å². The maximum absolute atomic E-state index is 9.39. The van der Waals surface area contributed by atoms with Gasteiger partial charge in [0.1, 0.15) is 11.5 Å². The summed E-state index contributed by atoms with van der Waals surface area (Å²) in [7, 11) is 3.29. The minimum absolute atomic E-state index is 0.273. The number of hydrogen-bond donors (Lipinski definition) is 1. The van der Waals surface area contributed by atoms with Crippen LogP contribution in [-0.2, 0) is 0 Å². The van der Waals surface area contributed by atoms with Gasteiger partial charge in [-0.1, -0.05) is 0 Å². The smallest absolute Gasteiger partial charge is 0.119 e. The molecule has 0 heterocycles. The van der Waals surface area contributed by atoms with E-state index in [1.807, 2.05) is 19.9 Å². The topological polar surface area (TPSA) is 29.5 Å². The summed E-state index contributed by atoms with van der Waals surface area (Å²) >= 11 is 0. The third kappa shape index (κ3) is 1.79. The normalized spacial score (nSPS) is 9.92. The zero-order valence-electron chi connectivity index (χ0n) is 7.22. The summed E-state index contributed by atoms with van der Waals surface area (Å²) < 4.78 is 5.28. The Hall–Kier alpha value is -0.963. The highest BCUT2D eigenvalue weighted by molar-refractivity contribution is 6.34. The monoisotopic (exact) mass is 179 g/mol. The lowest BCUT2D eigenvalue weighted by molar-refractivity contribution is 0.339. The summed E-state index contributed by atoms with van der Waals surface area (Å²) in [5.41, 5.74) is 0.811. The number of ether oxygens (including phenoxy) is 1. The number of hydrogen-bond acceptors (Lipinski definition) is 2. The van der Waals surface area contributed by atoms with Crippen molar-refractivity contribution in [2.45, 2.75) is 13.8 Å². The summed E-state index contributed by atoms with van der Waals surface area (Å²) in [6.45, 7) is 4.40. The summed E-state index contributed by atoms with van der Waals surface area (Å²) in [6, 6.07) is 3.56. The molecule has 3 radical (unpaired) electrons. The number of aromatic hydroxyl groups is 1. The van der Waals surface area contributed by atoms with Gasteiger partial charge in [-0.2, -0.15) is 0 Å². The fourth-order valence-corrected chi connectivity index (χ4v) is 1.34. The van der Waals surface area contributed by atoms with Crippen LogP contribution >= 0.6 is 0 Å². The highest BCUT2D eigenvalue weighted by Gasteiger charge is 2.02. The van der Waals surface area contributed by atoms with Crippen molar-refractivity contribution in [2.24, 2.45) is 0 Å². The Balaban J connectivity index is 3.04. The van der Waals surface area contributed by atoms with Crippen LogP contribution in [-0.4, -0.2) is 22.0 Å². The van der Waals surface area contributed by atoms with Crippen LogP contribution in [0, 0.1) is 6.92 Å². The van der Waals surface area contributed by atoms with Crippen LogP contribution in [0.15, 0.2) is 12.1 Å². The second kappa shape index (κ2) is 3.63. The van der Waals surface area contributed by atoms with E-state index in [1.54, 1.807) is 6.07 Å². The molecule has 1 N–H and O–H groups in total. The number of rotatable bonds is 2. The largest absolute Gasteiger partial charge is 0.508 e. The van der Waals surface area contributed by atoms with Crippen molar-refractivity contribution in [3.8, 4) is 11.5 Å². The van der Waals surface area contributed by atoms with Gasteiger partial charge in [0.05, 0.1) is 16.8 Å². The molecule has 1 aromatic carbocycles. The maximum atomic E-state index is 9.39. The lowest BCUT2D eigenvalue weighted by Crippen LogP contribution is -2.05. The Labute approximate surface area is 75.6 Å². The predicted molar refractivity (Wildman–Crippen MR) is 49.4 cm³/mol. The van der Waals surface area contributed by atoms with Gasteiger partial charge in [-0.3, -0.25) is 0 Å². The van der Waals surface area contributed by atoms with Gasteiger partial charge in [-0.15, -0.1) is 0 Å². The van der Waals surface area contributed by atoms with Crippen LogP contribution in [0.2, 0.25) is 0 Å². The van der Waals surface area contributed by atoms with Crippen molar-refractivity contribution in [3.05, 3.63) is 17.7 Å². The molecule has 0 fully saturated rings. The average molecular weight is 179 g/mol. The van der Waals surface area contributed by atoms with Crippen molar-refractivity contribution >= 4 is 15.4 Å². The van der Waals surface area contributed by atoms with Crippen LogP contribution in [0.5, 0.6) is 11.5 Å². The molecule has 0 saturated carbocycles. The minimum Gasteiger partial charge on any atom is -0.508 e. The lowest BCUT2D eigenvalue weighted by Gasteiger charge is -2.07. The van der Waals surface area contributed by atoms with Gasteiger partial charge < -0.3 is 9.84 Å². The highest BCUT2D eigenvalue weighted by atomic mass is 28.1. The van der Waals surface area contributed by atoms with E-state index in [0.29, 0.717) is 11.8 Å².